The largest absolute Gasteiger partial charge is 0.327 e. The molecular formula is C10H17NO. The van der Waals surface area contributed by atoms with Gasteiger partial charge in [0, 0.05) is 25.3 Å². The van der Waals surface area contributed by atoms with Crippen molar-refractivity contribution in [3.05, 3.63) is 0 Å². The first-order valence-electron chi connectivity index (χ1n) is 4.28. The van der Waals surface area contributed by atoms with E-state index in [4.69, 9.17) is 12.2 Å². The predicted octanol–water partition coefficient (Wildman–Crippen LogP) is 1.34. The molecule has 0 spiro atoms. The van der Waals surface area contributed by atoms with E-state index in [1.807, 2.05) is 13.8 Å². The molecule has 0 rings (SSSR count). The molecule has 0 aliphatic heterocycles. The number of hydrogen-bond acceptors (Lipinski definition) is 2. The van der Waals surface area contributed by atoms with Crippen molar-refractivity contribution < 1.29 is 4.79 Å². The quantitative estimate of drug-likeness (QED) is 0.628. The molecule has 0 saturated heterocycles. The summed E-state index contributed by atoms with van der Waals surface area (Å²) in [7, 11) is 0. The van der Waals surface area contributed by atoms with Crippen molar-refractivity contribution in [1.29, 1.82) is 0 Å². The molecule has 68 valence electrons. The summed E-state index contributed by atoms with van der Waals surface area (Å²) in [4.78, 5) is 11.1. The number of Topliss-reactive ketones (excluding diaryl/α,β-unsaturated/α-hetero) is 1. The molecule has 2 nitrogen and oxygen atoms in total. The molecule has 0 radical (unpaired) electrons. The van der Waals surface area contributed by atoms with Crippen LogP contribution in [0, 0.1) is 18.3 Å². The summed E-state index contributed by atoms with van der Waals surface area (Å²) in [6.45, 7) is 4.03. The number of carbonyl (C=O) groups excluding carboxylic acids is 1. The van der Waals surface area contributed by atoms with E-state index in [0.29, 0.717) is 25.2 Å². The van der Waals surface area contributed by atoms with Crippen LogP contribution < -0.4 is 5.73 Å². The zero-order chi connectivity index (χ0) is 9.56. The summed E-state index contributed by atoms with van der Waals surface area (Å²) in [6.07, 6.45) is 6.49. The van der Waals surface area contributed by atoms with Gasteiger partial charge < -0.3 is 5.73 Å². The highest BCUT2D eigenvalue weighted by molar-refractivity contribution is 5.79. The molecule has 2 heteroatoms. The van der Waals surface area contributed by atoms with Gasteiger partial charge in [0.1, 0.15) is 5.78 Å². The minimum Gasteiger partial charge on any atom is -0.327 e. The first-order chi connectivity index (χ1) is 5.57. The molecule has 1 unspecified atom stereocenters. The summed E-state index contributed by atoms with van der Waals surface area (Å²) in [5.74, 6) is 2.98. The van der Waals surface area contributed by atoms with Gasteiger partial charge in [0.25, 0.3) is 0 Å². The van der Waals surface area contributed by atoms with E-state index in [-0.39, 0.29) is 11.8 Å². The SMILES string of the molecule is C#CCCC(=O)CC(N)C(C)C. The Kier molecular flexibility index (Phi) is 5.40. The number of hydrogen-bond donors (Lipinski definition) is 1. The van der Waals surface area contributed by atoms with E-state index in [9.17, 15) is 4.79 Å². The Hall–Kier alpha value is -0.810. The Bertz CT molecular complexity index is 179. The maximum atomic E-state index is 11.1. The lowest BCUT2D eigenvalue weighted by molar-refractivity contribution is -0.119. The van der Waals surface area contributed by atoms with Crippen LogP contribution in [-0.4, -0.2) is 11.8 Å². The second kappa shape index (κ2) is 5.79. The van der Waals surface area contributed by atoms with Crippen molar-refractivity contribution >= 4 is 5.78 Å². The predicted molar refractivity (Wildman–Crippen MR) is 50.5 cm³/mol. The van der Waals surface area contributed by atoms with Crippen LogP contribution in [0.5, 0.6) is 0 Å². The first-order valence-corrected chi connectivity index (χ1v) is 4.28. The van der Waals surface area contributed by atoms with Crippen LogP contribution in [0.4, 0.5) is 0 Å². The van der Waals surface area contributed by atoms with Crippen molar-refractivity contribution in [2.24, 2.45) is 11.7 Å². The molecule has 0 aromatic heterocycles. The lowest BCUT2D eigenvalue weighted by Gasteiger charge is -2.13. The number of nitrogens with two attached hydrogens (primary N) is 1. The molecule has 0 fully saturated rings. The number of carbonyl (C=O) groups is 1. The molecule has 12 heavy (non-hydrogen) atoms. The van der Waals surface area contributed by atoms with Gasteiger partial charge in [-0.2, -0.15) is 0 Å². The van der Waals surface area contributed by atoms with E-state index in [0.717, 1.165) is 0 Å². The maximum absolute atomic E-state index is 11.1. The Morgan fingerprint density at radius 1 is 1.58 bits per heavy atom. The van der Waals surface area contributed by atoms with Gasteiger partial charge in [-0.05, 0) is 5.92 Å². The van der Waals surface area contributed by atoms with E-state index < -0.39 is 0 Å². The smallest absolute Gasteiger partial charge is 0.135 e. The van der Waals surface area contributed by atoms with Gasteiger partial charge in [0.2, 0.25) is 0 Å². The van der Waals surface area contributed by atoms with Gasteiger partial charge >= 0.3 is 0 Å². The van der Waals surface area contributed by atoms with E-state index in [1.54, 1.807) is 0 Å². The third kappa shape index (κ3) is 4.92. The number of ketones is 1. The van der Waals surface area contributed by atoms with Crippen LogP contribution in [0.25, 0.3) is 0 Å². The fraction of sp³-hybridized carbons (Fsp3) is 0.700. The number of terminal acetylenes is 1. The minimum atomic E-state index is -0.0183. The Morgan fingerprint density at radius 2 is 2.17 bits per heavy atom. The highest BCUT2D eigenvalue weighted by Gasteiger charge is 2.11. The molecule has 0 aromatic rings. The van der Waals surface area contributed by atoms with Crippen LogP contribution in [-0.2, 0) is 4.79 Å². The van der Waals surface area contributed by atoms with Crippen molar-refractivity contribution in [1.82, 2.24) is 0 Å². The zero-order valence-corrected chi connectivity index (χ0v) is 7.84. The van der Waals surface area contributed by atoms with Crippen LogP contribution >= 0.6 is 0 Å². The monoisotopic (exact) mass is 167 g/mol. The van der Waals surface area contributed by atoms with Gasteiger partial charge in [-0.1, -0.05) is 13.8 Å². The van der Waals surface area contributed by atoms with Crippen molar-refractivity contribution in [2.75, 3.05) is 0 Å². The average molecular weight is 167 g/mol. The van der Waals surface area contributed by atoms with Crippen molar-refractivity contribution in [3.8, 4) is 12.3 Å². The van der Waals surface area contributed by atoms with Gasteiger partial charge in [-0.3, -0.25) is 4.79 Å². The van der Waals surface area contributed by atoms with E-state index >= 15 is 0 Å². The van der Waals surface area contributed by atoms with Crippen molar-refractivity contribution in [2.45, 2.75) is 39.2 Å². The van der Waals surface area contributed by atoms with E-state index in [1.165, 1.54) is 0 Å². The molecule has 2 N–H and O–H groups in total. The maximum Gasteiger partial charge on any atom is 0.135 e. The Balaban J connectivity index is 3.63. The third-order valence-electron chi connectivity index (χ3n) is 1.87. The van der Waals surface area contributed by atoms with Crippen LogP contribution in [0.3, 0.4) is 0 Å². The third-order valence-corrected chi connectivity index (χ3v) is 1.87. The number of rotatable bonds is 5. The van der Waals surface area contributed by atoms with Gasteiger partial charge in [-0.15, -0.1) is 12.3 Å². The fourth-order valence-electron chi connectivity index (χ4n) is 0.812. The summed E-state index contributed by atoms with van der Waals surface area (Å²) >= 11 is 0. The molecule has 1 atom stereocenters. The molecule has 0 aliphatic rings. The van der Waals surface area contributed by atoms with Crippen LogP contribution in [0.15, 0.2) is 0 Å². The van der Waals surface area contributed by atoms with E-state index in [2.05, 4.69) is 5.92 Å². The molecular weight excluding hydrogens is 150 g/mol. The highest BCUT2D eigenvalue weighted by Crippen LogP contribution is 2.05. The minimum absolute atomic E-state index is 0.0183. The second-order valence-corrected chi connectivity index (χ2v) is 3.35. The fourth-order valence-corrected chi connectivity index (χ4v) is 0.812. The standard InChI is InChI=1S/C10H17NO/c1-4-5-6-9(12)7-10(11)8(2)3/h1,8,10H,5-7,11H2,2-3H3. The van der Waals surface area contributed by atoms with Gasteiger partial charge in [0.05, 0.1) is 0 Å². The van der Waals surface area contributed by atoms with Crippen LogP contribution in [0.2, 0.25) is 0 Å². The summed E-state index contributed by atoms with van der Waals surface area (Å²) < 4.78 is 0. The molecule has 0 bridgehead atoms. The average Bonchev–Trinajstić information content (AvgIpc) is 2.00. The molecule has 0 saturated carbocycles. The Labute approximate surface area is 74.5 Å². The molecule has 0 amide bonds. The first kappa shape index (κ1) is 11.2. The molecule has 0 aromatic carbocycles. The van der Waals surface area contributed by atoms with Gasteiger partial charge in [-0.25, -0.2) is 0 Å². The summed E-state index contributed by atoms with van der Waals surface area (Å²) in [5, 5.41) is 0. The van der Waals surface area contributed by atoms with Gasteiger partial charge in [0.15, 0.2) is 0 Å². The summed E-state index contributed by atoms with van der Waals surface area (Å²) in [5.41, 5.74) is 5.72. The van der Waals surface area contributed by atoms with Crippen molar-refractivity contribution in [3.63, 3.8) is 0 Å². The summed E-state index contributed by atoms with van der Waals surface area (Å²) in [6, 6.07) is -0.0183. The highest BCUT2D eigenvalue weighted by atomic mass is 16.1. The lowest BCUT2D eigenvalue weighted by Crippen LogP contribution is -2.29. The topological polar surface area (TPSA) is 43.1 Å². The second-order valence-electron chi connectivity index (χ2n) is 3.35. The Morgan fingerprint density at radius 3 is 2.58 bits per heavy atom. The molecule has 0 heterocycles. The molecule has 0 aliphatic carbocycles. The van der Waals surface area contributed by atoms with Crippen LogP contribution in [0.1, 0.15) is 33.1 Å². The normalized spacial score (nSPS) is 12.6. The zero-order valence-electron chi connectivity index (χ0n) is 7.84. The lowest BCUT2D eigenvalue weighted by atomic mass is 9.98.